The Hall–Kier alpha value is -1.28. The van der Waals surface area contributed by atoms with Crippen LogP contribution in [0.25, 0.3) is 0 Å². The van der Waals surface area contributed by atoms with Crippen LogP contribution in [-0.4, -0.2) is 44.7 Å². The van der Waals surface area contributed by atoms with Gasteiger partial charge in [-0.1, -0.05) is 0 Å². The zero-order chi connectivity index (χ0) is 13.6. The number of aromatic nitrogens is 2. The summed E-state index contributed by atoms with van der Waals surface area (Å²) in [4.78, 5) is 0. The lowest BCUT2D eigenvalue weighted by Gasteiger charge is -2.04. The van der Waals surface area contributed by atoms with Crippen LogP contribution in [0, 0.1) is 0 Å². The fraction of sp³-hybridized carbons (Fsp3) is 0.700. The molecule has 0 aliphatic heterocycles. The van der Waals surface area contributed by atoms with Crippen LogP contribution in [0.2, 0.25) is 0 Å². The minimum absolute atomic E-state index is 0.0908. The highest BCUT2D eigenvalue weighted by Gasteiger charge is 2.13. The first-order chi connectivity index (χ1) is 8.48. The standard InChI is InChI=1S/C10H20N4O3S/c1-11-6-4-5-7-18(15,16)13-9-8-10(17-3)14(2)12-9/h8,11H,4-7H2,1-3H3,(H,12,13). The van der Waals surface area contributed by atoms with Gasteiger partial charge in [0.15, 0.2) is 5.82 Å². The van der Waals surface area contributed by atoms with Crippen LogP contribution in [0.4, 0.5) is 5.82 Å². The lowest BCUT2D eigenvalue weighted by atomic mass is 10.3. The van der Waals surface area contributed by atoms with Crippen molar-refractivity contribution in [3.05, 3.63) is 6.07 Å². The molecule has 7 nitrogen and oxygen atoms in total. The minimum Gasteiger partial charge on any atom is -0.481 e. The summed E-state index contributed by atoms with van der Waals surface area (Å²) in [6.07, 6.45) is 1.43. The molecule has 1 rings (SSSR count). The van der Waals surface area contributed by atoms with Gasteiger partial charge in [-0.3, -0.25) is 4.72 Å². The van der Waals surface area contributed by atoms with E-state index in [9.17, 15) is 8.42 Å². The van der Waals surface area contributed by atoms with Gasteiger partial charge in [-0.25, -0.2) is 13.1 Å². The van der Waals surface area contributed by atoms with Crippen LogP contribution in [0.1, 0.15) is 12.8 Å². The van der Waals surface area contributed by atoms with Crippen molar-refractivity contribution in [2.75, 3.05) is 31.2 Å². The third kappa shape index (κ3) is 4.53. The Kier molecular flexibility index (Phi) is 5.42. The third-order valence-corrected chi connectivity index (χ3v) is 3.74. The molecule has 8 heteroatoms. The summed E-state index contributed by atoms with van der Waals surface area (Å²) in [5, 5.41) is 6.97. The summed E-state index contributed by atoms with van der Waals surface area (Å²) in [6.45, 7) is 0.812. The van der Waals surface area contributed by atoms with Crippen molar-refractivity contribution in [3.8, 4) is 5.88 Å². The average molecular weight is 276 g/mol. The van der Waals surface area contributed by atoms with Gasteiger partial charge in [0.25, 0.3) is 0 Å². The number of nitrogens with zero attached hydrogens (tertiary/aromatic N) is 2. The van der Waals surface area contributed by atoms with E-state index in [0.29, 0.717) is 12.3 Å². The zero-order valence-corrected chi connectivity index (χ0v) is 11.7. The van der Waals surface area contributed by atoms with Crippen LogP contribution in [-0.2, 0) is 17.1 Å². The Labute approximate surface area is 108 Å². The number of hydrogen-bond acceptors (Lipinski definition) is 5. The summed E-state index contributed by atoms with van der Waals surface area (Å²) in [5.74, 6) is 0.874. The number of ether oxygens (including phenoxy) is 1. The molecule has 1 aromatic rings. The largest absolute Gasteiger partial charge is 0.481 e. The molecule has 0 aromatic carbocycles. The molecule has 1 aromatic heterocycles. The fourth-order valence-corrected chi connectivity index (χ4v) is 2.60. The van der Waals surface area contributed by atoms with Gasteiger partial charge < -0.3 is 10.1 Å². The molecular formula is C10H20N4O3S. The second-order valence-electron chi connectivity index (χ2n) is 3.93. The van der Waals surface area contributed by atoms with E-state index in [2.05, 4.69) is 15.1 Å². The summed E-state index contributed by atoms with van der Waals surface area (Å²) in [7, 11) is 1.70. The van der Waals surface area contributed by atoms with Crippen LogP contribution in [0.15, 0.2) is 6.07 Å². The molecule has 18 heavy (non-hydrogen) atoms. The predicted octanol–water partition coefficient (Wildman–Crippen LogP) is 0.170. The average Bonchev–Trinajstić information content (AvgIpc) is 2.64. The van der Waals surface area contributed by atoms with E-state index in [1.807, 2.05) is 7.05 Å². The SMILES string of the molecule is CNCCCCS(=O)(=O)Nc1cc(OC)n(C)n1. The van der Waals surface area contributed by atoms with Crippen molar-refractivity contribution in [3.63, 3.8) is 0 Å². The normalized spacial score (nSPS) is 11.5. The first-order valence-electron chi connectivity index (χ1n) is 5.71. The molecule has 0 radical (unpaired) electrons. The number of rotatable bonds is 8. The molecule has 0 saturated carbocycles. The second-order valence-corrected chi connectivity index (χ2v) is 5.77. The van der Waals surface area contributed by atoms with Gasteiger partial charge in [-0.15, -0.1) is 0 Å². The third-order valence-electron chi connectivity index (χ3n) is 2.40. The van der Waals surface area contributed by atoms with Crippen molar-refractivity contribution < 1.29 is 13.2 Å². The Morgan fingerprint density at radius 2 is 2.17 bits per heavy atom. The minimum atomic E-state index is -3.34. The second kappa shape index (κ2) is 6.60. The molecule has 0 amide bonds. The monoisotopic (exact) mass is 276 g/mol. The van der Waals surface area contributed by atoms with Crippen molar-refractivity contribution >= 4 is 15.8 Å². The number of nitrogens with one attached hydrogen (secondary N) is 2. The quantitative estimate of drug-likeness (QED) is 0.661. The molecule has 0 spiro atoms. The fourth-order valence-electron chi connectivity index (χ4n) is 1.50. The zero-order valence-electron chi connectivity index (χ0n) is 10.9. The van der Waals surface area contributed by atoms with E-state index in [1.165, 1.54) is 11.8 Å². The van der Waals surface area contributed by atoms with Gasteiger partial charge in [0.05, 0.1) is 12.9 Å². The summed E-state index contributed by atoms with van der Waals surface area (Å²) >= 11 is 0. The van der Waals surface area contributed by atoms with Crippen LogP contribution in [0.3, 0.4) is 0 Å². The Balaban J connectivity index is 2.53. The first-order valence-corrected chi connectivity index (χ1v) is 7.37. The van der Waals surface area contributed by atoms with Gasteiger partial charge in [-0.2, -0.15) is 5.10 Å². The number of aryl methyl sites for hydroxylation is 1. The number of hydrogen-bond donors (Lipinski definition) is 2. The molecule has 0 bridgehead atoms. The molecule has 0 saturated heterocycles. The summed E-state index contributed by atoms with van der Waals surface area (Å²) in [6, 6.07) is 1.55. The number of anilines is 1. The lowest BCUT2D eigenvalue weighted by molar-refractivity contribution is 0.373. The Morgan fingerprint density at radius 3 is 2.72 bits per heavy atom. The van der Waals surface area contributed by atoms with Gasteiger partial charge in [0.1, 0.15) is 0 Å². The number of sulfonamides is 1. The highest BCUT2D eigenvalue weighted by Crippen LogP contribution is 2.16. The van der Waals surface area contributed by atoms with E-state index in [1.54, 1.807) is 13.1 Å². The van der Waals surface area contributed by atoms with E-state index in [-0.39, 0.29) is 11.6 Å². The van der Waals surface area contributed by atoms with E-state index in [0.717, 1.165) is 13.0 Å². The molecular weight excluding hydrogens is 256 g/mol. The number of unbranched alkanes of at least 4 members (excludes halogenated alkanes) is 1. The maximum Gasteiger partial charge on any atom is 0.233 e. The first kappa shape index (κ1) is 14.8. The van der Waals surface area contributed by atoms with Crippen LogP contribution in [0.5, 0.6) is 5.88 Å². The van der Waals surface area contributed by atoms with Gasteiger partial charge in [-0.05, 0) is 26.4 Å². The van der Waals surface area contributed by atoms with Gasteiger partial charge >= 0.3 is 0 Å². The Morgan fingerprint density at radius 1 is 1.44 bits per heavy atom. The molecule has 2 N–H and O–H groups in total. The molecule has 0 aliphatic rings. The highest BCUT2D eigenvalue weighted by molar-refractivity contribution is 7.92. The predicted molar refractivity (Wildman–Crippen MR) is 70.3 cm³/mol. The molecule has 0 fully saturated rings. The summed E-state index contributed by atoms with van der Waals surface area (Å²) < 4.78 is 32.4. The molecule has 0 aliphatic carbocycles. The van der Waals surface area contributed by atoms with Crippen molar-refractivity contribution in [2.24, 2.45) is 7.05 Å². The molecule has 104 valence electrons. The maximum atomic E-state index is 11.8. The van der Waals surface area contributed by atoms with E-state index >= 15 is 0 Å². The lowest BCUT2D eigenvalue weighted by Crippen LogP contribution is -2.18. The highest BCUT2D eigenvalue weighted by atomic mass is 32.2. The van der Waals surface area contributed by atoms with E-state index < -0.39 is 10.0 Å². The topological polar surface area (TPSA) is 85.3 Å². The van der Waals surface area contributed by atoms with E-state index in [4.69, 9.17) is 4.74 Å². The molecule has 0 atom stereocenters. The summed E-state index contributed by atoms with van der Waals surface area (Å²) in [5.41, 5.74) is 0. The Bertz CT molecular complexity index is 469. The van der Waals surface area contributed by atoms with Crippen LogP contribution < -0.4 is 14.8 Å². The van der Waals surface area contributed by atoms with Gasteiger partial charge in [0.2, 0.25) is 15.9 Å². The molecule has 1 heterocycles. The van der Waals surface area contributed by atoms with Crippen molar-refractivity contribution in [1.29, 1.82) is 0 Å². The smallest absolute Gasteiger partial charge is 0.233 e. The maximum absolute atomic E-state index is 11.8. The van der Waals surface area contributed by atoms with Gasteiger partial charge in [0, 0.05) is 13.1 Å². The van der Waals surface area contributed by atoms with Crippen LogP contribution >= 0.6 is 0 Å². The molecule has 0 unspecified atom stereocenters. The number of methoxy groups -OCH3 is 1. The van der Waals surface area contributed by atoms with Crippen molar-refractivity contribution in [2.45, 2.75) is 12.8 Å². The van der Waals surface area contributed by atoms with Crippen molar-refractivity contribution in [1.82, 2.24) is 15.1 Å².